The normalized spacial score (nSPS) is 20.9. The van der Waals surface area contributed by atoms with E-state index in [1.165, 1.54) is 80.9 Å². The summed E-state index contributed by atoms with van der Waals surface area (Å²) in [6.45, 7) is 2.16. The first kappa shape index (κ1) is 20.7. The van der Waals surface area contributed by atoms with Gasteiger partial charge in [0.15, 0.2) is 0 Å². The van der Waals surface area contributed by atoms with Crippen LogP contribution in [0.2, 0.25) is 0 Å². The molecule has 0 amide bonds. The van der Waals surface area contributed by atoms with Crippen molar-refractivity contribution in [3.05, 3.63) is 41.1 Å². The second kappa shape index (κ2) is 9.56. The van der Waals surface area contributed by atoms with Crippen molar-refractivity contribution < 1.29 is 0 Å². The maximum Gasteiger partial charge on any atom is 0.229 e. The molecule has 3 aliphatic rings. The Kier molecular flexibility index (Phi) is 6.40. The minimum Gasteiger partial charge on any atom is -0.367 e. The van der Waals surface area contributed by atoms with E-state index in [0.29, 0.717) is 17.9 Å². The summed E-state index contributed by atoms with van der Waals surface area (Å²) in [6.07, 6.45) is 16.3. The van der Waals surface area contributed by atoms with Gasteiger partial charge in [-0.15, -0.1) is 0 Å². The number of anilines is 3. The summed E-state index contributed by atoms with van der Waals surface area (Å²) >= 11 is 0. The molecule has 0 saturated heterocycles. The number of aromatic nitrogens is 2. The van der Waals surface area contributed by atoms with E-state index in [4.69, 9.17) is 9.97 Å². The molecule has 0 bridgehead atoms. The third kappa shape index (κ3) is 5.03. The van der Waals surface area contributed by atoms with Gasteiger partial charge in [-0.2, -0.15) is 4.98 Å². The summed E-state index contributed by atoms with van der Waals surface area (Å²) in [5.41, 5.74) is 5.32. The number of hydrogen-bond donors (Lipinski definition) is 2. The molecule has 2 N–H and O–H groups in total. The summed E-state index contributed by atoms with van der Waals surface area (Å²) in [7, 11) is 2.19. The molecule has 1 aliphatic heterocycles. The molecular weight excluding hydrogens is 382 g/mol. The van der Waals surface area contributed by atoms with Gasteiger partial charge in [0, 0.05) is 36.6 Å². The zero-order chi connectivity index (χ0) is 21.0. The van der Waals surface area contributed by atoms with Crippen LogP contribution in [0, 0.1) is 0 Å². The van der Waals surface area contributed by atoms with Crippen molar-refractivity contribution in [1.82, 2.24) is 14.9 Å². The smallest absolute Gasteiger partial charge is 0.229 e. The average molecular weight is 420 g/mol. The van der Waals surface area contributed by atoms with E-state index in [0.717, 1.165) is 31.0 Å². The Hall–Kier alpha value is -2.14. The van der Waals surface area contributed by atoms with Gasteiger partial charge in [0.1, 0.15) is 5.82 Å². The lowest BCUT2D eigenvalue weighted by Gasteiger charge is -2.28. The van der Waals surface area contributed by atoms with E-state index in [2.05, 4.69) is 47.0 Å². The van der Waals surface area contributed by atoms with Crippen LogP contribution in [-0.4, -0.2) is 34.5 Å². The molecule has 1 aromatic heterocycles. The van der Waals surface area contributed by atoms with Gasteiger partial charge in [0.05, 0.1) is 0 Å². The maximum atomic E-state index is 5.02. The van der Waals surface area contributed by atoms with Crippen molar-refractivity contribution in [2.24, 2.45) is 0 Å². The van der Waals surface area contributed by atoms with Crippen LogP contribution >= 0.6 is 0 Å². The highest BCUT2D eigenvalue weighted by atomic mass is 15.2. The van der Waals surface area contributed by atoms with Crippen molar-refractivity contribution in [3.63, 3.8) is 0 Å². The van der Waals surface area contributed by atoms with Gasteiger partial charge in [0.2, 0.25) is 5.95 Å². The van der Waals surface area contributed by atoms with Crippen molar-refractivity contribution in [3.8, 4) is 0 Å². The summed E-state index contributed by atoms with van der Waals surface area (Å²) < 4.78 is 0. The number of likely N-dealkylation sites (N-methyl/N-ethyl adjacent to an activating group) is 1. The van der Waals surface area contributed by atoms with E-state index in [1.54, 1.807) is 0 Å². The molecule has 31 heavy (non-hydrogen) atoms. The van der Waals surface area contributed by atoms with Crippen LogP contribution in [0.25, 0.3) is 0 Å². The van der Waals surface area contributed by atoms with Crippen molar-refractivity contribution in [2.45, 2.75) is 89.1 Å². The standard InChI is InChI=1S/C26H37N5/c1-31-15-14-20-16-23(13-12-21(20)18-31)29-26-27-17-24(19-8-4-2-5-9-19)25(30-26)28-22-10-6-3-7-11-22/h12-13,16-17,19,22H,2-11,14-15,18H2,1H3,(H2,27,28,29,30). The molecule has 0 atom stereocenters. The van der Waals surface area contributed by atoms with Gasteiger partial charge < -0.3 is 15.5 Å². The Morgan fingerprint density at radius 2 is 1.71 bits per heavy atom. The Bertz CT molecular complexity index is 883. The largest absolute Gasteiger partial charge is 0.367 e. The zero-order valence-corrected chi connectivity index (χ0v) is 19.0. The SMILES string of the molecule is CN1CCc2cc(Nc3ncc(C4CCCCC4)c(NC4CCCCC4)n3)ccc2C1. The lowest BCUT2D eigenvalue weighted by Crippen LogP contribution is -2.26. The first-order chi connectivity index (χ1) is 15.2. The van der Waals surface area contributed by atoms with Crippen molar-refractivity contribution in [2.75, 3.05) is 24.2 Å². The fraction of sp³-hybridized carbons (Fsp3) is 0.615. The molecule has 2 aromatic rings. The van der Waals surface area contributed by atoms with Crippen LogP contribution < -0.4 is 10.6 Å². The Morgan fingerprint density at radius 1 is 0.935 bits per heavy atom. The van der Waals surface area contributed by atoms with Crippen LogP contribution in [0.15, 0.2) is 24.4 Å². The highest BCUT2D eigenvalue weighted by Crippen LogP contribution is 2.37. The Labute approximate surface area is 187 Å². The zero-order valence-electron chi connectivity index (χ0n) is 19.0. The maximum absolute atomic E-state index is 5.02. The molecule has 5 nitrogen and oxygen atoms in total. The van der Waals surface area contributed by atoms with Gasteiger partial charge in [0.25, 0.3) is 0 Å². The molecule has 2 saturated carbocycles. The van der Waals surface area contributed by atoms with Gasteiger partial charge in [-0.05, 0) is 68.3 Å². The summed E-state index contributed by atoms with van der Waals surface area (Å²) in [5.74, 6) is 2.40. The second-order valence-electron chi connectivity index (χ2n) is 9.91. The molecule has 0 spiro atoms. The van der Waals surface area contributed by atoms with E-state index in [-0.39, 0.29) is 0 Å². The molecule has 166 valence electrons. The van der Waals surface area contributed by atoms with E-state index in [9.17, 15) is 0 Å². The van der Waals surface area contributed by atoms with Crippen LogP contribution in [0.3, 0.4) is 0 Å². The molecule has 2 heterocycles. The van der Waals surface area contributed by atoms with Gasteiger partial charge >= 0.3 is 0 Å². The average Bonchev–Trinajstić information content (AvgIpc) is 2.81. The van der Waals surface area contributed by atoms with Crippen molar-refractivity contribution in [1.29, 1.82) is 0 Å². The molecule has 1 aromatic carbocycles. The monoisotopic (exact) mass is 419 g/mol. The first-order valence-electron chi connectivity index (χ1n) is 12.5. The van der Waals surface area contributed by atoms with E-state index >= 15 is 0 Å². The molecule has 0 unspecified atom stereocenters. The topological polar surface area (TPSA) is 53.1 Å². The number of rotatable bonds is 5. The number of nitrogens with zero attached hydrogens (tertiary/aromatic N) is 3. The quantitative estimate of drug-likeness (QED) is 0.622. The second-order valence-corrected chi connectivity index (χ2v) is 9.91. The lowest BCUT2D eigenvalue weighted by molar-refractivity contribution is 0.313. The number of hydrogen-bond acceptors (Lipinski definition) is 5. The third-order valence-electron chi connectivity index (χ3n) is 7.47. The van der Waals surface area contributed by atoms with Gasteiger partial charge in [-0.25, -0.2) is 4.98 Å². The molecule has 5 heteroatoms. The van der Waals surface area contributed by atoms with E-state index < -0.39 is 0 Å². The van der Waals surface area contributed by atoms with Crippen molar-refractivity contribution >= 4 is 17.5 Å². The number of nitrogens with one attached hydrogen (secondary N) is 2. The van der Waals surface area contributed by atoms with Crippen LogP contribution in [0.1, 0.15) is 86.8 Å². The highest BCUT2D eigenvalue weighted by Gasteiger charge is 2.23. The van der Waals surface area contributed by atoms with Gasteiger partial charge in [-0.3, -0.25) is 0 Å². The predicted octanol–water partition coefficient (Wildman–Crippen LogP) is 6.00. The summed E-state index contributed by atoms with van der Waals surface area (Å²) in [5, 5.41) is 7.33. The molecule has 2 aliphatic carbocycles. The van der Waals surface area contributed by atoms with Gasteiger partial charge in [-0.1, -0.05) is 44.6 Å². The highest BCUT2D eigenvalue weighted by molar-refractivity contribution is 5.59. The third-order valence-corrected chi connectivity index (χ3v) is 7.47. The minimum atomic E-state index is 0.555. The molecular formula is C26H37N5. The minimum absolute atomic E-state index is 0.555. The predicted molar refractivity (Wildman–Crippen MR) is 128 cm³/mol. The Balaban J connectivity index is 1.37. The number of benzene rings is 1. The molecule has 5 rings (SSSR count). The van der Waals surface area contributed by atoms with Crippen LogP contribution in [-0.2, 0) is 13.0 Å². The fourth-order valence-electron chi connectivity index (χ4n) is 5.62. The first-order valence-corrected chi connectivity index (χ1v) is 12.5. The van der Waals surface area contributed by atoms with Crippen LogP contribution in [0.5, 0.6) is 0 Å². The summed E-state index contributed by atoms with van der Waals surface area (Å²) in [6, 6.07) is 7.27. The Morgan fingerprint density at radius 3 is 2.52 bits per heavy atom. The molecule has 0 radical (unpaired) electrons. The van der Waals surface area contributed by atoms with Crippen LogP contribution in [0.4, 0.5) is 17.5 Å². The fourth-order valence-corrected chi connectivity index (χ4v) is 5.62. The summed E-state index contributed by atoms with van der Waals surface area (Å²) in [4.78, 5) is 12.2. The lowest BCUT2D eigenvalue weighted by atomic mass is 9.84. The number of fused-ring (bicyclic) bond motifs is 1. The molecule has 2 fully saturated rings. The van der Waals surface area contributed by atoms with E-state index in [1.807, 2.05) is 0 Å².